The van der Waals surface area contributed by atoms with Crippen LogP contribution >= 0.6 is 31.9 Å². The lowest BCUT2D eigenvalue weighted by molar-refractivity contribution is -0.116. The highest BCUT2D eigenvalue weighted by Crippen LogP contribution is 2.26. The minimum atomic E-state index is -0.175. The normalized spacial score (nSPS) is 10.2. The van der Waals surface area contributed by atoms with Crippen LogP contribution in [0.4, 0.5) is 5.69 Å². The van der Waals surface area contributed by atoms with Crippen LogP contribution in [-0.2, 0) is 4.79 Å². The Morgan fingerprint density at radius 3 is 2.57 bits per heavy atom. The number of rotatable bonds is 5. The zero-order valence-electron chi connectivity index (χ0n) is 12.5. The average molecular weight is 440 g/mol. The van der Waals surface area contributed by atoms with Crippen molar-refractivity contribution in [2.75, 3.05) is 11.9 Å². The number of amides is 2. The minimum Gasteiger partial charge on any atom is -0.352 e. The fraction of sp³-hybridized carbons (Fsp3) is 0.176. The van der Waals surface area contributed by atoms with Crippen LogP contribution < -0.4 is 10.6 Å². The molecule has 2 amide bonds. The van der Waals surface area contributed by atoms with Gasteiger partial charge >= 0.3 is 0 Å². The molecule has 0 spiro atoms. The Kier molecular flexibility index (Phi) is 6.36. The highest BCUT2D eigenvalue weighted by atomic mass is 79.9. The predicted molar refractivity (Wildman–Crippen MR) is 98.6 cm³/mol. The van der Waals surface area contributed by atoms with Crippen molar-refractivity contribution < 1.29 is 9.59 Å². The van der Waals surface area contributed by atoms with Crippen LogP contribution in [0.15, 0.2) is 51.4 Å². The maximum Gasteiger partial charge on any atom is 0.251 e. The van der Waals surface area contributed by atoms with Gasteiger partial charge in [0.2, 0.25) is 5.91 Å². The van der Waals surface area contributed by atoms with Crippen molar-refractivity contribution in [3.05, 3.63) is 62.5 Å². The van der Waals surface area contributed by atoms with E-state index >= 15 is 0 Å². The molecule has 0 saturated heterocycles. The molecule has 0 saturated carbocycles. The molecule has 0 aliphatic rings. The fourth-order valence-electron chi connectivity index (χ4n) is 1.98. The van der Waals surface area contributed by atoms with Gasteiger partial charge < -0.3 is 10.6 Å². The molecule has 23 heavy (non-hydrogen) atoms. The molecule has 0 aliphatic carbocycles. The van der Waals surface area contributed by atoms with Gasteiger partial charge in [-0.05, 0) is 53.2 Å². The largest absolute Gasteiger partial charge is 0.352 e. The zero-order valence-corrected chi connectivity index (χ0v) is 15.7. The summed E-state index contributed by atoms with van der Waals surface area (Å²) in [5.41, 5.74) is 2.32. The number of aryl methyl sites for hydroxylation is 1. The summed E-state index contributed by atoms with van der Waals surface area (Å²) in [4.78, 5) is 23.9. The third-order valence-corrected chi connectivity index (χ3v) is 4.27. The van der Waals surface area contributed by atoms with Crippen LogP contribution in [0.5, 0.6) is 0 Å². The second-order valence-electron chi connectivity index (χ2n) is 5.05. The Morgan fingerprint density at radius 1 is 1.09 bits per heavy atom. The van der Waals surface area contributed by atoms with E-state index in [0.717, 1.165) is 14.5 Å². The number of nitrogens with one attached hydrogen (secondary N) is 2. The lowest BCUT2D eigenvalue weighted by Gasteiger charge is -2.09. The molecule has 2 aromatic rings. The number of carbonyl (C=O) groups excluding carboxylic acids is 2. The summed E-state index contributed by atoms with van der Waals surface area (Å²) in [5, 5.41) is 5.55. The van der Waals surface area contributed by atoms with Crippen LogP contribution in [0, 0.1) is 6.92 Å². The number of anilines is 1. The molecule has 0 radical (unpaired) electrons. The summed E-state index contributed by atoms with van der Waals surface area (Å²) in [6.07, 6.45) is 0.208. The quantitative estimate of drug-likeness (QED) is 0.730. The Morgan fingerprint density at radius 2 is 1.87 bits per heavy atom. The highest BCUT2D eigenvalue weighted by molar-refractivity contribution is 9.11. The van der Waals surface area contributed by atoms with Crippen molar-refractivity contribution in [3.63, 3.8) is 0 Å². The third-order valence-electron chi connectivity index (χ3n) is 3.12. The van der Waals surface area contributed by atoms with Crippen molar-refractivity contribution in [1.29, 1.82) is 0 Å². The van der Waals surface area contributed by atoms with E-state index in [1.54, 1.807) is 12.1 Å². The molecule has 2 aromatic carbocycles. The summed E-state index contributed by atoms with van der Waals surface area (Å²) in [5.74, 6) is -0.330. The second-order valence-corrected chi connectivity index (χ2v) is 6.82. The van der Waals surface area contributed by atoms with E-state index in [9.17, 15) is 9.59 Å². The van der Waals surface area contributed by atoms with E-state index in [4.69, 9.17) is 0 Å². The SMILES string of the molecule is Cc1cccc(C(=O)NCCC(=O)Nc2ccc(Br)cc2Br)c1. The molecule has 0 unspecified atom stereocenters. The van der Waals surface area contributed by atoms with Gasteiger partial charge in [0.05, 0.1) is 5.69 Å². The standard InChI is InChI=1S/C17H16Br2N2O2/c1-11-3-2-4-12(9-11)17(23)20-8-7-16(22)21-15-6-5-13(18)10-14(15)19/h2-6,9-10H,7-8H2,1H3,(H,20,23)(H,21,22). The van der Waals surface area contributed by atoms with Crippen LogP contribution in [0.3, 0.4) is 0 Å². The molecule has 0 fully saturated rings. The van der Waals surface area contributed by atoms with Crippen molar-refractivity contribution in [3.8, 4) is 0 Å². The Labute approximate surface area is 151 Å². The first-order chi connectivity index (χ1) is 11.0. The van der Waals surface area contributed by atoms with Crippen molar-refractivity contribution in [2.45, 2.75) is 13.3 Å². The van der Waals surface area contributed by atoms with Gasteiger partial charge in [-0.1, -0.05) is 33.6 Å². The molecule has 120 valence electrons. The monoisotopic (exact) mass is 438 g/mol. The van der Waals surface area contributed by atoms with Crippen molar-refractivity contribution in [2.24, 2.45) is 0 Å². The van der Waals surface area contributed by atoms with Gasteiger partial charge in [-0.15, -0.1) is 0 Å². The molecule has 6 heteroatoms. The Hall–Kier alpha value is -1.66. The molecule has 0 bridgehead atoms. The van der Waals surface area contributed by atoms with E-state index in [1.165, 1.54) is 0 Å². The first-order valence-electron chi connectivity index (χ1n) is 7.05. The van der Waals surface area contributed by atoms with E-state index in [2.05, 4.69) is 42.5 Å². The molecular formula is C17H16Br2N2O2. The maximum absolute atomic E-state index is 12.0. The van der Waals surface area contributed by atoms with Gasteiger partial charge in [-0.25, -0.2) is 0 Å². The molecular weight excluding hydrogens is 424 g/mol. The zero-order chi connectivity index (χ0) is 16.8. The summed E-state index contributed by atoms with van der Waals surface area (Å²) in [6, 6.07) is 12.8. The van der Waals surface area contributed by atoms with Crippen LogP contribution in [0.25, 0.3) is 0 Å². The predicted octanol–water partition coefficient (Wildman–Crippen LogP) is 4.28. The van der Waals surface area contributed by atoms with Crippen LogP contribution in [-0.4, -0.2) is 18.4 Å². The molecule has 0 aromatic heterocycles. The lowest BCUT2D eigenvalue weighted by atomic mass is 10.1. The molecule has 2 N–H and O–H groups in total. The van der Waals surface area contributed by atoms with E-state index in [0.29, 0.717) is 11.3 Å². The minimum absolute atomic E-state index is 0.155. The summed E-state index contributed by atoms with van der Waals surface area (Å²) >= 11 is 6.75. The molecule has 4 nitrogen and oxygen atoms in total. The number of hydrogen-bond acceptors (Lipinski definition) is 2. The van der Waals surface area contributed by atoms with Gasteiger partial charge in [0.25, 0.3) is 5.91 Å². The van der Waals surface area contributed by atoms with Crippen LogP contribution in [0.1, 0.15) is 22.3 Å². The first-order valence-corrected chi connectivity index (χ1v) is 8.64. The maximum atomic E-state index is 12.0. The van der Waals surface area contributed by atoms with Gasteiger partial charge in [0.1, 0.15) is 0 Å². The van der Waals surface area contributed by atoms with Crippen LogP contribution in [0.2, 0.25) is 0 Å². The van der Waals surface area contributed by atoms with Gasteiger partial charge in [0, 0.05) is 27.5 Å². The summed E-state index contributed by atoms with van der Waals surface area (Å²) in [6.45, 7) is 2.22. The third kappa shape index (κ3) is 5.48. The van der Waals surface area contributed by atoms with E-state index in [-0.39, 0.29) is 24.8 Å². The number of carbonyl (C=O) groups is 2. The smallest absolute Gasteiger partial charge is 0.251 e. The Bertz CT molecular complexity index is 732. The van der Waals surface area contributed by atoms with Gasteiger partial charge in [0.15, 0.2) is 0 Å². The molecule has 0 heterocycles. The summed E-state index contributed by atoms with van der Waals surface area (Å²) in [7, 11) is 0. The topological polar surface area (TPSA) is 58.2 Å². The number of hydrogen-bond donors (Lipinski definition) is 2. The molecule has 0 atom stereocenters. The summed E-state index contributed by atoms with van der Waals surface area (Å²) < 4.78 is 1.72. The van der Waals surface area contributed by atoms with Crippen molar-refractivity contribution >= 4 is 49.4 Å². The first kappa shape index (κ1) is 17.7. The number of halogens is 2. The molecule has 2 rings (SSSR count). The van der Waals surface area contributed by atoms with Gasteiger partial charge in [-0.3, -0.25) is 9.59 Å². The van der Waals surface area contributed by atoms with Crippen molar-refractivity contribution in [1.82, 2.24) is 5.32 Å². The van der Waals surface area contributed by atoms with E-state index in [1.807, 2.05) is 37.3 Å². The lowest BCUT2D eigenvalue weighted by Crippen LogP contribution is -2.27. The van der Waals surface area contributed by atoms with Gasteiger partial charge in [-0.2, -0.15) is 0 Å². The number of benzene rings is 2. The Balaban J connectivity index is 1.81. The van der Waals surface area contributed by atoms with E-state index < -0.39 is 0 Å². The highest BCUT2D eigenvalue weighted by Gasteiger charge is 2.08. The fourth-order valence-corrected chi connectivity index (χ4v) is 3.13. The average Bonchev–Trinajstić information content (AvgIpc) is 2.50. The molecule has 0 aliphatic heterocycles. The second kappa shape index (κ2) is 8.26.